The van der Waals surface area contributed by atoms with E-state index in [1.807, 2.05) is 36.0 Å². The summed E-state index contributed by atoms with van der Waals surface area (Å²) in [4.78, 5) is 4.59. The summed E-state index contributed by atoms with van der Waals surface area (Å²) in [6.45, 7) is 4.27. The molecule has 0 spiro atoms. The molecule has 0 fully saturated rings. The van der Waals surface area contributed by atoms with E-state index in [2.05, 4.69) is 33.7 Å². The van der Waals surface area contributed by atoms with Crippen LogP contribution in [0.5, 0.6) is 5.75 Å². The molecular weight excluding hydrogens is 290 g/mol. The van der Waals surface area contributed by atoms with E-state index in [0.717, 1.165) is 36.9 Å². The second-order valence-electron chi connectivity index (χ2n) is 5.13. The van der Waals surface area contributed by atoms with Crippen molar-refractivity contribution in [1.29, 1.82) is 0 Å². The molecule has 0 aliphatic rings. The Balaban J connectivity index is 1.90. The average molecular weight is 315 g/mol. The van der Waals surface area contributed by atoms with Gasteiger partial charge in [-0.3, -0.25) is 4.68 Å². The molecule has 2 N–H and O–H groups in total. The highest BCUT2D eigenvalue weighted by molar-refractivity contribution is 5.79. The van der Waals surface area contributed by atoms with E-state index in [1.54, 1.807) is 13.3 Å². The van der Waals surface area contributed by atoms with Gasteiger partial charge in [-0.05, 0) is 31.0 Å². The van der Waals surface area contributed by atoms with Crippen LogP contribution in [-0.2, 0) is 20.0 Å². The molecule has 0 aliphatic heterocycles. The van der Waals surface area contributed by atoms with E-state index in [1.165, 1.54) is 5.56 Å². The predicted molar refractivity (Wildman–Crippen MR) is 92.7 cm³/mol. The first-order valence-electron chi connectivity index (χ1n) is 7.85. The van der Waals surface area contributed by atoms with Crippen LogP contribution in [-0.4, -0.2) is 35.9 Å². The molecule has 6 nitrogen and oxygen atoms in total. The zero-order valence-corrected chi connectivity index (χ0v) is 14.0. The minimum Gasteiger partial charge on any atom is -0.496 e. The van der Waals surface area contributed by atoms with Crippen LogP contribution in [0.25, 0.3) is 0 Å². The highest BCUT2D eigenvalue weighted by Crippen LogP contribution is 2.17. The third kappa shape index (κ3) is 5.02. The predicted octanol–water partition coefficient (Wildman–Crippen LogP) is 1.73. The molecule has 0 saturated heterocycles. The van der Waals surface area contributed by atoms with Gasteiger partial charge in [-0.25, -0.2) is 4.99 Å². The summed E-state index contributed by atoms with van der Waals surface area (Å²) in [7, 11) is 3.62. The fourth-order valence-electron chi connectivity index (χ4n) is 2.28. The van der Waals surface area contributed by atoms with Crippen LogP contribution >= 0.6 is 0 Å². The van der Waals surface area contributed by atoms with Gasteiger partial charge in [0.05, 0.1) is 19.3 Å². The van der Waals surface area contributed by atoms with Crippen molar-refractivity contribution < 1.29 is 4.74 Å². The lowest BCUT2D eigenvalue weighted by atomic mass is 10.1. The first-order valence-corrected chi connectivity index (χ1v) is 7.85. The molecule has 0 radical (unpaired) electrons. The van der Waals surface area contributed by atoms with Gasteiger partial charge in [0.1, 0.15) is 5.75 Å². The molecule has 0 bridgehead atoms. The number of rotatable bonds is 7. The van der Waals surface area contributed by atoms with Crippen LogP contribution in [0.4, 0.5) is 0 Å². The number of hydrogen-bond acceptors (Lipinski definition) is 3. The fourth-order valence-corrected chi connectivity index (χ4v) is 2.28. The molecule has 1 aromatic heterocycles. The number of nitrogens with one attached hydrogen (secondary N) is 2. The Morgan fingerprint density at radius 1 is 1.26 bits per heavy atom. The van der Waals surface area contributed by atoms with Crippen molar-refractivity contribution in [2.75, 3.05) is 20.2 Å². The summed E-state index contributed by atoms with van der Waals surface area (Å²) < 4.78 is 7.21. The monoisotopic (exact) mass is 315 g/mol. The molecule has 0 amide bonds. The van der Waals surface area contributed by atoms with E-state index < -0.39 is 0 Å². The maximum atomic E-state index is 5.38. The normalized spacial score (nSPS) is 11.3. The molecule has 23 heavy (non-hydrogen) atoms. The molecule has 2 aromatic rings. The summed E-state index contributed by atoms with van der Waals surface area (Å²) in [5.41, 5.74) is 2.26. The number of aryl methyl sites for hydroxylation is 1. The zero-order valence-electron chi connectivity index (χ0n) is 14.0. The molecule has 0 atom stereocenters. The van der Waals surface area contributed by atoms with Gasteiger partial charge in [0, 0.05) is 26.3 Å². The van der Waals surface area contributed by atoms with Crippen LogP contribution in [0.1, 0.15) is 18.2 Å². The summed E-state index contributed by atoms with van der Waals surface area (Å²) >= 11 is 0. The summed E-state index contributed by atoms with van der Waals surface area (Å²) in [6, 6.07) is 10.0. The Kier molecular flexibility index (Phi) is 6.47. The number of methoxy groups -OCH3 is 1. The molecule has 2 rings (SSSR count). The van der Waals surface area contributed by atoms with Crippen LogP contribution in [0.3, 0.4) is 0 Å². The fraction of sp³-hybridized carbons (Fsp3) is 0.412. The Bertz CT molecular complexity index is 635. The third-order valence-corrected chi connectivity index (χ3v) is 3.55. The van der Waals surface area contributed by atoms with Crippen molar-refractivity contribution in [3.05, 3.63) is 47.8 Å². The zero-order chi connectivity index (χ0) is 16.5. The quantitative estimate of drug-likeness (QED) is 0.603. The van der Waals surface area contributed by atoms with E-state index in [9.17, 15) is 0 Å². The van der Waals surface area contributed by atoms with E-state index in [-0.39, 0.29) is 0 Å². The van der Waals surface area contributed by atoms with Gasteiger partial charge in [0.15, 0.2) is 5.96 Å². The van der Waals surface area contributed by atoms with Crippen LogP contribution in [0.2, 0.25) is 0 Å². The number of aliphatic imine (C=N–C) groups is 1. The topological polar surface area (TPSA) is 63.5 Å². The maximum Gasteiger partial charge on any atom is 0.191 e. The van der Waals surface area contributed by atoms with Gasteiger partial charge in [-0.1, -0.05) is 18.2 Å². The lowest BCUT2D eigenvalue weighted by molar-refractivity contribution is 0.409. The van der Waals surface area contributed by atoms with Crippen molar-refractivity contribution in [3.8, 4) is 5.75 Å². The molecule has 1 aromatic carbocycles. The van der Waals surface area contributed by atoms with Gasteiger partial charge < -0.3 is 15.4 Å². The second-order valence-corrected chi connectivity index (χ2v) is 5.13. The van der Waals surface area contributed by atoms with Crippen molar-refractivity contribution >= 4 is 5.96 Å². The highest BCUT2D eigenvalue weighted by atomic mass is 16.5. The number of nitrogens with zero attached hydrogens (tertiary/aromatic N) is 3. The standard InChI is InChI=1S/C17H25N5O/c1-4-18-17(20-13-15-10-12-21-22(15)2)19-11-9-14-7-5-6-8-16(14)23-3/h5-8,10,12H,4,9,11,13H2,1-3H3,(H2,18,19,20). The van der Waals surface area contributed by atoms with E-state index >= 15 is 0 Å². The smallest absolute Gasteiger partial charge is 0.191 e. The van der Waals surface area contributed by atoms with Gasteiger partial charge >= 0.3 is 0 Å². The molecule has 124 valence electrons. The molecule has 0 saturated carbocycles. The van der Waals surface area contributed by atoms with Gasteiger partial charge in [-0.15, -0.1) is 0 Å². The van der Waals surface area contributed by atoms with Crippen molar-refractivity contribution in [2.24, 2.45) is 12.0 Å². The number of aromatic nitrogens is 2. The van der Waals surface area contributed by atoms with E-state index in [0.29, 0.717) is 6.54 Å². The van der Waals surface area contributed by atoms with Crippen molar-refractivity contribution in [1.82, 2.24) is 20.4 Å². The molecule has 6 heteroatoms. The lowest BCUT2D eigenvalue weighted by Crippen LogP contribution is -2.38. The molecule has 0 unspecified atom stereocenters. The largest absolute Gasteiger partial charge is 0.496 e. The summed E-state index contributed by atoms with van der Waals surface area (Å²) in [5, 5.41) is 10.8. The molecule has 1 heterocycles. The third-order valence-electron chi connectivity index (χ3n) is 3.55. The van der Waals surface area contributed by atoms with Gasteiger partial charge in [-0.2, -0.15) is 5.10 Å². The number of benzene rings is 1. The van der Waals surface area contributed by atoms with Crippen molar-refractivity contribution in [3.63, 3.8) is 0 Å². The van der Waals surface area contributed by atoms with Crippen LogP contribution < -0.4 is 15.4 Å². The SMILES string of the molecule is CCNC(=NCc1ccnn1C)NCCc1ccccc1OC. The number of guanidine groups is 1. The molecular formula is C17H25N5O. The van der Waals surface area contributed by atoms with E-state index in [4.69, 9.17) is 4.74 Å². The number of hydrogen-bond donors (Lipinski definition) is 2. The van der Waals surface area contributed by atoms with Gasteiger partial charge in [0.25, 0.3) is 0 Å². The minimum absolute atomic E-state index is 0.598. The Morgan fingerprint density at radius 2 is 2.09 bits per heavy atom. The molecule has 0 aliphatic carbocycles. The maximum absolute atomic E-state index is 5.38. The second kappa shape index (κ2) is 8.82. The Labute approximate surface area is 137 Å². The number of para-hydroxylation sites is 1. The Hall–Kier alpha value is -2.50. The van der Waals surface area contributed by atoms with Crippen molar-refractivity contribution in [2.45, 2.75) is 19.9 Å². The van der Waals surface area contributed by atoms with Gasteiger partial charge in [0.2, 0.25) is 0 Å². The Morgan fingerprint density at radius 3 is 2.78 bits per heavy atom. The van der Waals surface area contributed by atoms with Crippen LogP contribution in [0, 0.1) is 0 Å². The number of ether oxygens (including phenoxy) is 1. The average Bonchev–Trinajstić information content (AvgIpc) is 2.98. The summed E-state index contributed by atoms with van der Waals surface area (Å²) in [6.07, 6.45) is 2.66. The first-order chi connectivity index (χ1) is 11.2. The summed E-state index contributed by atoms with van der Waals surface area (Å²) in [5.74, 6) is 1.73. The first kappa shape index (κ1) is 16.9. The lowest BCUT2D eigenvalue weighted by Gasteiger charge is -2.12. The van der Waals surface area contributed by atoms with Crippen LogP contribution in [0.15, 0.2) is 41.5 Å². The minimum atomic E-state index is 0.598. The highest BCUT2D eigenvalue weighted by Gasteiger charge is 2.03.